The van der Waals surface area contributed by atoms with Crippen LogP contribution < -0.4 is 5.32 Å². The molecule has 0 aliphatic heterocycles. The summed E-state index contributed by atoms with van der Waals surface area (Å²) in [6.45, 7) is 5.82. The summed E-state index contributed by atoms with van der Waals surface area (Å²) in [5, 5.41) is 13.9. The molecule has 1 aliphatic rings. The molecule has 2 rings (SSSR count). The standard InChI is InChI=1S/C14H24N2OS/c1-3-12-4-6-14(17,7-5-12)9-15-8-13-11(2)16-10-18-13/h10,12,15,17H,3-9H2,1-2H3. The Labute approximate surface area is 114 Å². The lowest BCUT2D eigenvalue weighted by atomic mass is 9.78. The summed E-state index contributed by atoms with van der Waals surface area (Å²) < 4.78 is 0. The molecule has 1 aliphatic carbocycles. The zero-order chi connectivity index (χ0) is 13.0. The normalized spacial score (nSPS) is 28.5. The van der Waals surface area contributed by atoms with Crippen molar-refractivity contribution in [3.63, 3.8) is 0 Å². The van der Waals surface area contributed by atoms with E-state index in [9.17, 15) is 5.11 Å². The first-order chi connectivity index (χ1) is 8.63. The first-order valence-electron chi connectivity index (χ1n) is 6.95. The van der Waals surface area contributed by atoms with Crippen LogP contribution in [0.1, 0.15) is 49.6 Å². The second kappa shape index (κ2) is 6.13. The van der Waals surface area contributed by atoms with Gasteiger partial charge in [0, 0.05) is 18.0 Å². The lowest BCUT2D eigenvalue weighted by molar-refractivity contribution is -0.00877. The molecule has 0 atom stereocenters. The van der Waals surface area contributed by atoms with Crippen molar-refractivity contribution in [1.82, 2.24) is 10.3 Å². The fourth-order valence-electron chi connectivity index (χ4n) is 2.70. The minimum Gasteiger partial charge on any atom is -0.389 e. The van der Waals surface area contributed by atoms with Crippen molar-refractivity contribution >= 4 is 11.3 Å². The Morgan fingerprint density at radius 3 is 2.78 bits per heavy atom. The van der Waals surface area contributed by atoms with Gasteiger partial charge in [-0.2, -0.15) is 0 Å². The Balaban J connectivity index is 1.75. The van der Waals surface area contributed by atoms with E-state index < -0.39 is 5.60 Å². The summed E-state index contributed by atoms with van der Waals surface area (Å²) in [5.41, 5.74) is 2.51. The molecule has 0 bridgehead atoms. The lowest BCUT2D eigenvalue weighted by Gasteiger charge is -2.36. The number of aryl methyl sites for hydroxylation is 1. The molecule has 1 aromatic heterocycles. The average Bonchev–Trinajstić information content (AvgIpc) is 2.76. The minimum absolute atomic E-state index is 0.482. The van der Waals surface area contributed by atoms with Gasteiger partial charge in [0.1, 0.15) is 0 Å². The summed E-state index contributed by atoms with van der Waals surface area (Å²) in [7, 11) is 0. The van der Waals surface area contributed by atoms with Crippen LogP contribution in [-0.2, 0) is 6.54 Å². The number of nitrogens with one attached hydrogen (secondary N) is 1. The molecular weight excluding hydrogens is 244 g/mol. The van der Waals surface area contributed by atoms with Gasteiger partial charge in [-0.3, -0.25) is 0 Å². The molecule has 0 unspecified atom stereocenters. The molecule has 1 fully saturated rings. The van der Waals surface area contributed by atoms with Crippen LogP contribution in [0.5, 0.6) is 0 Å². The first-order valence-corrected chi connectivity index (χ1v) is 7.83. The van der Waals surface area contributed by atoms with Gasteiger partial charge in [-0.15, -0.1) is 11.3 Å². The molecule has 1 heterocycles. The third kappa shape index (κ3) is 3.53. The van der Waals surface area contributed by atoms with Gasteiger partial charge < -0.3 is 10.4 Å². The van der Waals surface area contributed by atoms with Crippen LogP contribution >= 0.6 is 11.3 Å². The third-order valence-electron chi connectivity index (χ3n) is 4.20. The van der Waals surface area contributed by atoms with Gasteiger partial charge >= 0.3 is 0 Å². The zero-order valence-electron chi connectivity index (χ0n) is 11.4. The third-order valence-corrected chi connectivity index (χ3v) is 5.13. The maximum Gasteiger partial charge on any atom is 0.0798 e. The Morgan fingerprint density at radius 1 is 1.50 bits per heavy atom. The molecule has 1 saturated carbocycles. The monoisotopic (exact) mass is 268 g/mol. The van der Waals surface area contributed by atoms with Gasteiger partial charge in [0.2, 0.25) is 0 Å². The van der Waals surface area contributed by atoms with Crippen LogP contribution in [0.4, 0.5) is 0 Å². The van der Waals surface area contributed by atoms with Crippen LogP contribution in [0.2, 0.25) is 0 Å². The molecular formula is C14H24N2OS. The molecule has 1 aromatic rings. The maximum absolute atomic E-state index is 10.5. The minimum atomic E-state index is -0.482. The lowest BCUT2D eigenvalue weighted by Crippen LogP contribution is -2.43. The molecule has 0 amide bonds. The molecule has 0 radical (unpaired) electrons. The van der Waals surface area contributed by atoms with Crippen molar-refractivity contribution in [3.05, 3.63) is 16.1 Å². The van der Waals surface area contributed by atoms with Crippen molar-refractivity contribution in [2.75, 3.05) is 6.54 Å². The largest absolute Gasteiger partial charge is 0.389 e. The van der Waals surface area contributed by atoms with Crippen LogP contribution in [0, 0.1) is 12.8 Å². The van der Waals surface area contributed by atoms with Gasteiger partial charge in [0.05, 0.1) is 16.8 Å². The maximum atomic E-state index is 10.5. The summed E-state index contributed by atoms with van der Waals surface area (Å²) in [4.78, 5) is 5.51. The van der Waals surface area contributed by atoms with Crippen molar-refractivity contribution in [1.29, 1.82) is 0 Å². The Morgan fingerprint density at radius 2 is 2.22 bits per heavy atom. The van der Waals surface area contributed by atoms with E-state index in [0.29, 0.717) is 6.54 Å². The highest BCUT2D eigenvalue weighted by atomic mass is 32.1. The highest BCUT2D eigenvalue weighted by Crippen LogP contribution is 2.33. The highest BCUT2D eigenvalue weighted by molar-refractivity contribution is 7.09. The van der Waals surface area contributed by atoms with E-state index in [1.54, 1.807) is 11.3 Å². The van der Waals surface area contributed by atoms with Crippen LogP contribution in [0.15, 0.2) is 5.51 Å². The molecule has 2 N–H and O–H groups in total. The highest BCUT2D eigenvalue weighted by Gasteiger charge is 2.32. The Bertz CT molecular complexity index is 370. The van der Waals surface area contributed by atoms with E-state index in [-0.39, 0.29) is 0 Å². The fourth-order valence-corrected chi connectivity index (χ4v) is 3.45. The van der Waals surface area contributed by atoms with E-state index in [0.717, 1.165) is 31.0 Å². The molecule has 102 valence electrons. The van der Waals surface area contributed by atoms with Gasteiger partial charge in [-0.25, -0.2) is 4.98 Å². The van der Waals surface area contributed by atoms with Gasteiger partial charge in [0.25, 0.3) is 0 Å². The SMILES string of the molecule is CCC1CCC(O)(CNCc2scnc2C)CC1. The summed E-state index contributed by atoms with van der Waals surface area (Å²) in [6.07, 6.45) is 5.49. The number of thiazole rings is 1. The van der Waals surface area contributed by atoms with E-state index in [2.05, 4.69) is 17.2 Å². The predicted molar refractivity (Wildman–Crippen MR) is 75.8 cm³/mol. The fraction of sp³-hybridized carbons (Fsp3) is 0.786. The molecule has 0 saturated heterocycles. The van der Waals surface area contributed by atoms with E-state index in [4.69, 9.17) is 0 Å². The average molecular weight is 268 g/mol. The second-order valence-corrected chi connectivity index (χ2v) is 6.48. The van der Waals surface area contributed by atoms with E-state index in [1.807, 2.05) is 12.4 Å². The first kappa shape index (κ1) is 14.0. The van der Waals surface area contributed by atoms with Crippen LogP contribution in [-0.4, -0.2) is 22.2 Å². The van der Waals surface area contributed by atoms with Gasteiger partial charge in [0.15, 0.2) is 0 Å². The van der Waals surface area contributed by atoms with Crippen molar-refractivity contribution in [2.45, 2.75) is 58.1 Å². The quantitative estimate of drug-likeness (QED) is 0.863. The number of rotatable bonds is 5. The van der Waals surface area contributed by atoms with Crippen LogP contribution in [0.3, 0.4) is 0 Å². The van der Waals surface area contributed by atoms with Gasteiger partial charge in [-0.1, -0.05) is 13.3 Å². The summed E-state index contributed by atoms with van der Waals surface area (Å²) in [5.74, 6) is 0.828. The van der Waals surface area contributed by atoms with E-state index in [1.165, 1.54) is 24.1 Å². The Kier molecular flexibility index (Phi) is 4.76. The summed E-state index contributed by atoms with van der Waals surface area (Å²) >= 11 is 1.68. The zero-order valence-corrected chi connectivity index (χ0v) is 12.2. The summed E-state index contributed by atoms with van der Waals surface area (Å²) in [6, 6.07) is 0. The number of aromatic nitrogens is 1. The smallest absolute Gasteiger partial charge is 0.0798 e. The van der Waals surface area contributed by atoms with Crippen LogP contribution in [0.25, 0.3) is 0 Å². The Hall–Kier alpha value is -0.450. The van der Waals surface area contributed by atoms with Crippen molar-refractivity contribution < 1.29 is 5.11 Å². The molecule has 0 spiro atoms. The number of hydrogen-bond donors (Lipinski definition) is 2. The van der Waals surface area contributed by atoms with Gasteiger partial charge in [-0.05, 0) is 38.5 Å². The predicted octanol–water partition coefficient (Wildman–Crippen LogP) is 2.87. The molecule has 18 heavy (non-hydrogen) atoms. The van der Waals surface area contributed by atoms with Crippen molar-refractivity contribution in [2.24, 2.45) is 5.92 Å². The topological polar surface area (TPSA) is 45.1 Å². The molecule has 4 heteroatoms. The number of aliphatic hydroxyl groups is 1. The molecule has 0 aromatic carbocycles. The molecule has 3 nitrogen and oxygen atoms in total. The number of nitrogens with zero attached hydrogens (tertiary/aromatic N) is 1. The second-order valence-electron chi connectivity index (χ2n) is 5.54. The van der Waals surface area contributed by atoms with E-state index >= 15 is 0 Å². The number of hydrogen-bond acceptors (Lipinski definition) is 4. The van der Waals surface area contributed by atoms with Crippen molar-refractivity contribution in [3.8, 4) is 0 Å².